The van der Waals surface area contributed by atoms with Crippen LogP contribution in [0.25, 0.3) is 11.3 Å². The molecule has 0 spiro atoms. The van der Waals surface area contributed by atoms with Gasteiger partial charge in [-0.25, -0.2) is 0 Å². The summed E-state index contributed by atoms with van der Waals surface area (Å²) in [7, 11) is 0. The van der Waals surface area contributed by atoms with E-state index in [0.29, 0.717) is 19.0 Å². The molecule has 0 unspecified atom stereocenters. The number of hydrogen-bond acceptors (Lipinski definition) is 4. The van der Waals surface area contributed by atoms with Crippen LogP contribution in [0.15, 0.2) is 22.7 Å². The van der Waals surface area contributed by atoms with Crippen LogP contribution in [0.1, 0.15) is 6.42 Å². The van der Waals surface area contributed by atoms with Crippen molar-refractivity contribution in [2.24, 2.45) is 0 Å². The van der Waals surface area contributed by atoms with Gasteiger partial charge in [-0.2, -0.15) is 5.10 Å². The lowest BCUT2D eigenvalue weighted by Crippen LogP contribution is -1.98. The third kappa shape index (κ3) is 1.92. The molecule has 5 nitrogen and oxygen atoms in total. The number of hydrogen-bond donors (Lipinski definition) is 2. The number of benzene rings is 1. The molecule has 2 heterocycles. The Morgan fingerprint density at radius 3 is 2.89 bits per heavy atom. The van der Waals surface area contributed by atoms with Gasteiger partial charge in [-0.3, -0.25) is 5.10 Å². The number of nitrogen functional groups attached to an aromatic ring is 1. The van der Waals surface area contributed by atoms with Crippen molar-refractivity contribution >= 4 is 21.7 Å². The van der Waals surface area contributed by atoms with Crippen LogP contribution in [0.4, 0.5) is 5.82 Å². The molecule has 18 heavy (non-hydrogen) atoms. The summed E-state index contributed by atoms with van der Waals surface area (Å²) >= 11 is 3.52. The van der Waals surface area contributed by atoms with E-state index in [4.69, 9.17) is 15.2 Å². The molecule has 94 valence electrons. The highest BCUT2D eigenvalue weighted by Crippen LogP contribution is 2.43. The van der Waals surface area contributed by atoms with Gasteiger partial charge >= 0.3 is 0 Å². The molecule has 1 aliphatic heterocycles. The highest BCUT2D eigenvalue weighted by atomic mass is 79.9. The Morgan fingerprint density at radius 1 is 1.28 bits per heavy atom. The Kier molecular flexibility index (Phi) is 2.87. The van der Waals surface area contributed by atoms with Crippen molar-refractivity contribution in [2.75, 3.05) is 18.9 Å². The SMILES string of the molecule is Nc1cc(-c2c(Br)ccc3c2OCCCO3)[nH]n1. The predicted molar refractivity (Wildman–Crippen MR) is 71.7 cm³/mol. The van der Waals surface area contributed by atoms with E-state index in [9.17, 15) is 0 Å². The Labute approximate surface area is 112 Å². The summed E-state index contributed by atoms with van der Waals surface area (Å²) in [5.74, 6) is 1.92. The van der Waals surface area contributed by atoms with E-state index in [1.807, 2.05) is 12.1 Å². The topological polar surface area (TPSA) is 73.2 Å². The van der Waals surface area contributed by atoms with E-state index >= 15 is 0 Å². The fourth-order valence-corrected chi connectivity index (χ4v) is 2.45. The molecule has 2 aromatic rings. The van der Waals surface area contributed by atoms with Gasteiger partial charge in [0.25, 0.3) is 0 Å². The van der Waals surface area contributed by atoms with Crippen LogP contribution in [0.2, 0.25) is 0 Å². The monoisotopic (exact) mass is 309 g/mol. The highest BCUT2D eigenvalue weighted by molar-refractivity contribution is 9.10. The van der Waals surface area contributed by atoms with Gasteiger partial charge in [-0.05, 0) is 28.1 Å². The first-order valence-electron chi connectivity index (χ1n) is 5.65. The van der Waals surface area contributed by atoms with Crippen molar-refractivity contribution in [1.29, 1.82) is 0 Å². The highest BCUT2D eigenvalue weighted by Gasteiger charge is 2.20. The van der Waals surface area contributed by atoms with Gasteiger partial charge in [-0.15, -0.1) is 0 Å². The van der Waals surface area contributed by atoms with E-state index < -0.39 is 0 Å². The normalized spacial score (nSPS) is 14.3. The summed E-state index contributed by atoms with van der Waals surface area (Å²) in [6.07, 6.45) is 0.872. The minimum absolute atomic E-state index is 0.448. The van der Waals surface area contributed by atoms with Crippen molar-refractivity contribution < 1.29 is 9.47 Å². The third-order valence-electron chi connectivity index (χ3n) is 2.73. The lowest BCUT2D eigenvalue weighted by Gasteiger charge is -2.12. The molecular formula is C12H12BrN3O2. The van der Waals surface area contributed by atoms with Crippen molar-refractivity contribution in [3.8, 4) is 22.8 Å². The van der Waals surface area contributed by atoms with Gasteiger partial charge in [0.2, 0.25) is 0 Å². The lowest BCUT2D eigenvalue weighted by molar-refractivity contribution is 0.297. The number of fused-ring (bicyclic) bond motifs is 1. The first kappa shape index (κ1) is 11.4. The standard InChI is InChI=1S/C12H12BrN3O2/c13-7-2-3-9-12(18-5-1-4-17-9)11(7)8-6-10(14)16-15-8/h2-3,6H,1,4-5H2,(H3,14,15,16). The minimum Gasteiger partial charge on any atom is -0.490 e. The maximum atomic E-state index is 5.78. The Hall–Kier alpha value is -1.69. The third-order valence-corrected chi connectivity index (χ3v) is 3.39. The van der Waals surface area contributed by atoms with Gasteiger partial charge in [0, 0.05) is 17.0 Å². The average Bonchev–Trinajstić information content (AvgIpc) is 2.63. The van der Waals surface area contributed by atoms with Crippen LogP contribution >= 0.6 is 15.9 Å². The molecule has 0 bridgehead atoms. The van der Waals surface area contributed by atoms with Gasteiger partial charge < -0.3 is 15.2 Å². The molecule has 6 heteroatoms. The van der Waals surface area contributed by atoms with Crippen LogP contribution in [0, 0.1) is 0 Å². The number of nitrogens with zero attached hydrogens (tertiary/aromatic N) is 1. The number of aromatic nitrogens is 2. The van der Waals surface area contributed by atoms with Crippen LogP contribution in [0.3, 0.4) is 0 Å². The summed E-state index contributed by atoms with van der Waals surface area (Å²) in [5.41, 5.74) is 7.34. The van der Waals surface area contributed by atoms with Crippen LogP contribution in [0.5, 0.6) is 11.5 Å². The van der Waals surface area contributed by atoms with E-state index in [0.717, 1.165) is 33.6 Å². The van der Waals surface area contributed by atoms with Crippen LogP contribution < -0.4 is 15.2 Å². The molecule has 0 saturated carbocycles. The molecule has 0 amide bonds. The summed E-state index contributed by atoms with van der Waals surface area (Å²) < 4.78 is 12.4. The van der Waals surface area contributed by atoms with E-state index in [-0.39, 0.29) is 0 Å². The molecule has 1 aromatic carbocycles. The number of nitrogens with two attached hydrogens (primary N) is 1. The van der Waals surface area contributed by atoms with E-state index in [2.05, 4.69) is 26.1 Å². The van der Waals surface area contributed by atoms with Crippen molar-refractivity contribution in [2.45, 2.75) is 6.42 Å². The second kappa shape index (κ2) is 4.53. The number of rotatable bonds is 1. The number of nitrogens with one attached hydrogen (secondary N) is 1. The zero-order chi connectivity index (χ0) is 12.5. The van der Waals surface area contributed by atoms with Gasteiger partial charge in [-0.1, -0.05) is 0 Å². The molecule has 0 fully saturated rings. The predicted octanol–water partition coefficient (Wildman–Crippen LogP) is 2.58. The molecule has 0 aliphatic carbocycles. The summed E-state index contributed by atoms with van der Waals surface area (Å²) in [6.45, 7) is 1.30. The summed E-state index contributed by atoms with van der Waals surface area (Å²) in [6, 6.07) is 5.60. The first-order chi connectivity index (χ1) is 8.75. The smallest absolute Gasteiger partial charge is 0.171 e. The quantitative estimate of drug-likeness (QED) is 0.849. The molecule has 1 aromatic heterocycles. The molecule has 0 saturated heterocycles. The maximum absolute atomic E-state index is 5.78. The minimum atomic E-state index is 0.448. The summed E-state index contributed by atoms with van der Waals surface area (Å²) in [5, 5.41) is 6.83. The Bertz CT molecular complexity index is 583. The molecule has 1 aliphatic rings. The Morgan fingerprint density at radius 2 is 2.11 bits per heavy atom. The van der Waals surface area contributed by atoms with Crippen molar-refractivity contribution in [3.05, 3.63) is 22.7 Å². The molecule has 3 rings (SSSR count). The van der Waals surface area contributed by atoms with Gasteiger partial charge in [0.05, 0.1) is 24.5 Å². The number of anilines is 1. The van der Waals surface area contributed by atoms with Crippen LogP contribution in [-0.2, 0) is 0 Å². The average molecular weight is 310 g/mol. The van der Waals surface area contributed by atoms with E-state index in [1.54, 1.807) is 6.07 Å². The maximum Gasteiger partial charge on any atom is 0.171 e. The fourth-order valence-electron chi connectivity index (χ4n) is 1.93. The van der Waals surface area contributed by atoms with Crippen molar-refractivity contribution in [1.82, 2.24) is 10.2 Å². The largest absolute Gasteiger partial charge is 0.490 e. The Balaban J connectivity index is 2.18. The number of halogens is 1. The number of H-pyrrole nitrogens is 1. The fraction of sp³-hybridized carbons (Fsp3) is 0.250. The van der Waals surface area contributed by atoms with Crippen LogP contribution in [-0.4, -0.2) is 23.4 Å². The number of ether oxygens (including phenoxy) is 2. The zero-order valence-electron chi connectivity index (χ0n) is 9.57. The van der Waals surface area contributed by atoms with Crippen molar-refractivity contribution in [3.63, 3.8) is 0 Å². The van der Waals surface area contributed by atoms with E-state index in [1.165, 1.54) is 0 Å². The van der Waals surface area contributed by atoms with Gasteiger partial charge in [0.15, 0.2) is 11.5 Å². The summed E-state index contributed by atoms with van der Waals surface area (Å²) in [4.78, 5) is 0. The first-order valence-corrected chi connectivity index (χ1v) is 6.44. The van der Waals surface area contributed by atoms with Gasteiger partial charge in [0.1, 0.15) is 5.82 Å². The second-order valence-corrected chi connectivity index (χ2v) is 4.86. The molecule has 0 atom stereocenters. The molecule has 3 N–H and O–H groups in total. The zero-order valence-corrected chi connectivity index (χ0v) is 11.2. The molecular weight excluding hydrogens is 298 g/mol. The lowest BCUT2D eigenvalue weighted by atomic mass is 10.1. The molecule has 0 radical (unpaired) electrons. The number of aromatic amines is 1. The second-order valence-electron chi connectivity index (χ2n) is 4.01.